The molecule has 3 aromatic carbocycles. The van der Waals surface area contributed by atoms with E-state index in [1.165, 1.54) is 0 Å². The second-order valence-electron chi connectivity index (χ2n) is 6.68. The van der Waals surface area contributed by atoms with Crippen molar-refractivity contribution in [2.24, 2.45) is 5.10 Å². The van der Waals surface area contributed by atoms with Crippen molar-refractivity contribution in [1.29, 1.82) is 0 Å². The number of aromatic nitrogens is 1. The standard InChI is InChI=1S/C23H16Cl3N3O/c24-18-8-6-16(7-9-18)23(30)28-27-12-17-14-29(22-4-2-1-3-19(17)22)13-15-5-10-20(25)21(26)11-15/h1-12,14H,13H2,(H,28,30)/b27-12-. The second-order valence-corrected chi connectivity index (χ2v) is 7.93. The quantitative estimate of drug-likeness (QED) is 0.273. The fourth-order valence-corrected chi connectivity index (χ4v) is 3.62. The van der Waals surface area contributed by atoms with Crippen LogP contribution in [0, 0.1) is 0 Å². The van der Waals surface area contributed by atoms with Gasteiger partial charge in [0.05, 0.1) is 16.3 Å². The third-order valence-electron chi connectivity index (χ3n) is 4.63. The molecule has 1 heterocycles. The predicted molar refractivity (Wildman–Crippen MR) is 124 cm³/mol. The van der Waals surface area contributed by atoms with Crippen molar-refractivity contribution in [3.05, 3.63) is 105 Å². The molecule has 30 heavy (non-hydrogen) atoms. The highest BCUT2D eigenvalue weighted by atomic mass is 35.5. The fraction of sp³-hybridized carbons (Fsp3) is 0.0435. The number of amides is 1. The van der Waals surface area contributed by atoms with E-state index in [0.717, 1.165) is 22.0 Å². The number of hydrazone groups is 1. The first-order valence-corrected chi connectivity index (χ1v) is 10.3. The molecule has 0 saturated heterocycles. The summed E-state index contributed by atoms with van der Waals surface area (Å²) in [6.45, 7) is 0.627. The van der Waals surface area contributed by atoms with Gasteiger partial charge < -0.3 is 4.57 Å². The van der Waals surface area contributed by atoms with Gasteiger partial charge >= 0.3 is 0 Å². The Morgan fingerprint density at radius 2 is 1.73 bits per heavy atom. The van der Waals surface area contributed by atoms with Crippen molar-refractivity contribution in [2.75, 3.05) is 0 Å². The maximum Gasteiger partial charge on any atom is 0.271 e. The summed E-state index contributed by atoms with van der Waals surface area (Å²) in [7, 11) is 0. The van der Waals surface area contributed by atoms with Crippen LogP contribution < -0.4 is 5.43 Å². The Kier molecular flexibility index (Phi) is 6.09. The number of benzene rings is 3. The number of carbonyl (C=O) groups excluding carboxylic acids is 1. The highest BCUT2D eigenvalue weighted by Crippen LogP contribution is 2.25. The first-order chi connectivity index (χ1) is 14.5. The number of hydrogen-bond acceptors (Lipinski definition) is 2. The molecular formula is C23H16Cl3N3O. The largest absolute Gasteiger partial charge is 0.342 e. The van der Waals surface area contributed by atoms with Crippen LogP contribution in [0.15, 0.2) is 78.0 Å². The van der Waals surface area contributed by atoms with Crippen molar-refractivity contribution in [3.63, 3.8) is 0 Å². The molecule has 7 heteroatoms. The Hall–Kier alpha value is -2.79. The van der Waals surface area contributed by atoms with Gasteiger partial charge in [-0.15, -0.1) is 0 Å². The molecule has 1 amide bonds. The number of para-hydroxylation sites is 1. The third kappa shape index (κ3) is 4.51. The number of carbonyl (C=O) groups is 1. The van der Waals surface area contributed by atoms with E-state index in [9.17, 15) is 4.79 Å². The zero-order valence-corrected chi connectivity index (χ0v) is 17.9. The summed E-state index contributed by atoms with van der Waals surface area (Å²) in [5.41, 5.74) is 6.01. The molecule has 0 saturated carbocycles. The topological polar surface area (TPSA) is 46.4 Å². The molecule has 0 radical (unpaired) electrons. The Morgan fingerprint density at radius 3 is 2.50 bits per heavy atom. The number of hydrogen-bond donors (Lipinski definition) is 1. The molecule has 0 bridgehead atoms. The van der Waals surface area contributed by atoms with Gasteiger partial charge in [0.15, 0.2) is 0 Å². The van der Waals surface area contributed by atoms with Crippen LogP contribution in [-0.2, 0) is 6.54 Å². The minimum absolute atomic E-state index is 0.303. The monoisotopic (exact) mass is 455 g/mol. The summed E-state index contributed by atoms with van der Waals surface area (Å²) in [6.07, 6.45) is 3.63. The van der Waals surface area contributed by atoms with Crippen molar-refractivity contribution in [1.82, 2.24) is 9.99 Å². The summed E-state index contributed by atoms with van der Waals surface area (Å²) in [4.78, 5) is 12.2. The minimum Gasteiger partial charge on any atom is -0.342 e. The number of fused-ring (bicyclic) bond motifs is 1. The zero-order valence-electron chi connectivity index (χ0n) is 15.6. The molecule has 1 aromatic heterocycles. The maximum absolute atomic E-state index is 12.2. The summed E-state index contributed by atoms with van der Waals surface area (Å²) in [5, 5.41) is 6.79. The molecule has 4 aromatic rings. The van der Waals surface area contributed by atoms with Crippen LogP contribution >= 0.6 is 34.8 Å². The molecule has 0 aliphatic carbocycles. The highest BCUT2D eigenvalue weighted by Gasteiger charge is 2.09. The van der Waals surface area contributed by atoms with Gasteiger partial charge in [-0.3, -0.25) is 4.79 Å². The SMILES string of the molecule is O=C(N/N=C\c1cn(Cc2ccc(Cl)c(Cl)c2)c2ccccc12)c1ccc(Cl)cc1. The Labute approximate surface area is 188 Å². The van der Waals surface area contributed by atoms with Gasteiger partial charge in [-0.2, -0.15) is 5.10 Å². The van der Waals surface area contributed by atoms with Crippen LogP contribution in [-0.4, -0.2) is 16.7 Å². The van der Waals surface area contributed by atoms with E-state index >= 15 is 0 Å². The van der Waals surface area contributed by atoms with Crippen LogP contribution in [0.2, 0.25) is 15.1 Å². The smallest absolute Gasteiger partial charge is 0.271 e. The molecule has 0 aliphatic rings. The van der Waals surface area contributed by atoms with Crippen LogP contribution in [0.4, 0.5) is 0 Å². The third-order valence-corrected chi connectivity index (χ3v) is 5.62. The van der Waals surface area contributed by atoms with Gasteiger partial charge in [-0.25, -0.2) is 5.43 Å². The van der Waals surface area contributed by atoms with Gasteiger partial charge in [0.1, 0.15) is 0 Å². The first-order valence-electron chi connectivity index (χ1n) is 9.12. The van der Waals surface area contributed by atoms with Gasteiger partial charge in [0, 0.05) is 39.8 Å². The lowest BCUT2D eigenvalue weighted by molar-refractivity contribution is 0.0955. The summed E-state index contributed by atoms with van der Waals surface area (Å²) < 4.78 is 2.11. The number of halogens is 3. The Bertz CT molecular complexity index is 1250. The fourth-order valence-electron chi connectivity index (χ4n) is 3.17. The first kappa shape index (κ1) is 20.5. The van der Waals surface area contributed by atoms with Crippen molar-refractivity contribution in [3.8, 4) is 0 Å². The van der Waals surface area contributed by atoms with E-state index in [1.54, 1.807) is 36.5 Å². The molecule has 150 valence electrons. The van der Waals surface area contributed by atoms with E-state index in [0.29, 0.717) is 27.2 Å². The summed E-state index contributed by atoms with van der Waals surface area (Å²) in [6, 6.07) is 20.2. The van der Waals surface area contributed by atoms with Crippen LogP contribution in [0.25, 0.3) is 10.9 Å². The van der Waals surface area contributed by atoms with Crippen molar-refractivity contribution in [2.45, 2.75) is 6.54 Å². The maximum atomic E-state index is 12.2. The molecule has 0 spiro atoms. The predicted octanol–water partition coefficient (Wildman–Crippen LogP) is 6.41. The van der Waals surface area contributed by atoms with Gasteiger partial charge in [-0.1, -0.05) is 59.1 Å². The number of nitrogens with zero attached hydrogens (tertiary/aromatic N) is 2. The lowest BCUT2D eigenvalue weighted by Crippen LogP contribution is -2.17. The van der Waals surface area contributed by atoms with E-state index < -0.39 is 0 Å². The van der Waals surface area contributed by atoms with E-state index in [-0.39, 0.29) is 5.91 Å². The molecule has 0 fully saturated rings. The van der Waals surface area contributed by atoms with E-state index in [1.807, 2.05) is 42.6 Å². The number of rotatable bonds is 5. The molecule has 0 aliphatic heterocycles. The molecule has 4 rings (SSSR count). The number of nitrogens with one attached hydrogen (secondary N) is 1. The molecule has 1 N–H and O–H groups in total. The molecule has 0 unspecified atom stereocenters. The lowest BCUT2D eigenvalue weighted by atomic mass is 10.2. The van der Waals surface area contributed by atoms with Crippen molar-refractivity contribution < 1.29 is 4.79 Å². The average Bonchev–Trinajstić information content (AvgIpc) is 3.09. The van der Waals surface area contributed by atoms with Crippen LogP contribution in [0.5, 0.6) is 0 Å². The Balaban J connectivity index is 1.57. The van der Waals surface area contributed by atoms with E-state index in [2.05, 4.69) is 15.1 Å². The van der Waals surface area contributed by atoms with Gasteiger partial charge in [-0.05, 0) is 48.0 Å². The Morgan fingerprint density at radius 1 is 0.967 bits per heavy atom. The van der Waals surface area contributed by atoms with Crippen LogP contribution in [0.3, 0.4) is 0 Å². The van der Waals surface area contributed by atoms with E-state index in [4.69, 9.17) is 34.8 Å². The summed E-state index contributed by atoms with van der Waals surface area (Å²) in [5.74, 6) is -0.303. The lowest BCUT2D eigenvalue weighted by Gasteiger charge is -2.06. The van der Waals surface area contributed by atoms with Gasteiger partial charge in [0.2, 0.25) is 0 Å². The average molecular weight is 457 g/mol. The summed E-state index contributed by atoms with van der Waals surface area (Å²) >= 11 is 18.0. The molecular weight excluding hydrogens is 441 g/mol. The normalized spacial score (nSPS) is 11.3. The minimum atomic E-state index is -0.303. The van der Waals surface area contributed by atoms with Crippen molar-refractivity contribution >= 4 is 57.8 Å². The molecule has 0 atom stereocenters. The molecule has 4 nitrogen and oxygen atoms in total. The zero-order chi connectivity index (χ0) is 21.1. The van der Waals surface area contributed by atoms with Crippen LogP contribution in [0.1, 0.15) is 21.5 Å². The second kappa shape index (κ2) is 8.92. The highest BCUT2D eigenvalue weighted by molar-refractivity contribution is 6.42. The van der Waals surface area contributed by atoms with Gasteiger partial charge in [0.25, 0.3) is 5.91 Å².